The quantitative estimate of drug-likeness (QED) is 0.833. The van der Waals surface area contributed by atoms with E-state index in [0.29, 0.717) is 18.7 Å². The summed E-state index contributed by atoms with van der Waals surface area (Å²) < 4.78 is 0. The maximum absolute atomic E-state index is 11.9. The summed E-state index contributed by atoms with van der Waals surface area (Å²) in [5.41, 5.74) is 1.35. The van der Waals surface area contributed by atoms with Gasteiger partial charge in [-0.15, -0.1) is 0 Å². The molecule has 1 saturated heterocycles. The van der Waals surface area contributed by atoms with Crippen molar-refractivity contribution in [2.45, 2.75) is 33.1 Å². The topological polar surface area (TPSA) is 78.5 Å². The van der Waals surface area contributed by atoms with E-state index in [0.717, 1.165) is 25.1 Å². The number of hydrogen-bond acceptors (Lipinski definition) is 3. The molecule has 3 amide bonds. The van der Waals surface area contributed by atoms with Crippen LogP contribution in [0.1, 0.15) is 33.1 Å². The predicted octanol–water partition coefficient (Wildman–Crippen LogP) is 1.91. The molecule has 1 aliphatic heterocycles. The van der Waals surface area contributed by atoms with Gasteiger partial charge in [-0.3, -0.25) is 14.4 Å². The van der Waals surface area contributed by atoms with E-state index in [1.165, 1.54) is 0 Å². The number of carbonyl (C=O) groups excluding carboxylic acids is 3. The molecule has 6 nitrogen and oxygen atoms in total. The van der Waals surface area contributed by atoms with E-state index < -0.39 is 11.8 Å². The van der Waals surface area contributed by atoms with Crippen LogP contribution in [-0.4, -0.2) is 30.8 Å². The molecule has 1 heterocycles. The van der Waals surface area contributed by atoms with Crippen LogP contribution in [-0.2, 0) is 14.4 Å². The maximum Gasteiger partial charge on any atom is 0.313 e. The van der Waals surface area contributed by atoms with Crippen molar-refractivity contribution in [3.05, 3.63) is 24.3 Å². The number of carbonyl (C=O) groups is 3. The Morgan fingerprint density at radius 2 is 1.83 bits per heavy atom. The molecule has 1 fully saturated rings. The second-order valence-electron chi connectivity index (χ2n) is 6.11. The van der Waals surface area contributed by atoms with Gasteiger partial charge < -0.3 is 15.5 Å². The summed E-state index contributed by atoms with van der Waals surface area (Å²) in [4.78, 5) is 37.0. The van der Waals surface area contributed by atoms with Gasteiger partial charge in [-0.25, -0.2) is 0 Å². The van der Waals surface area contributed by atoms with E-state index in [1.54, 1.807) is 29.2 Å². The summed E-state index contributed by atoms with van der Waals surface area (Å²) in [7, 11) is 0. The van der Waals surface area contributed by atoms with E-state index in [9.17, 15) is 14.4 Å². The zero-order valence-corrected chi connectivity index (χ0v) is 13.6. The third-order valence-electron chi connectivity index (χ3n) is 3.64. The van der Waals surface area contributed by atoms with Gasteiger partial charge in [0.05, 0.1) is 0 Å². The van der Waals surface area contributed by atoms with Crippen LogP contribution < -0.4 is 15.5 Å². The Labute approximate surface area is 136 Å². The van der Waals surface area contributed by atoms with Crippen molar-refractivity contribution in [2.75, 3.05) is 23.3 Å². The first kappa shape index (κ1) is 17.0. The van der Waals surface area contributed by atoms with Gasteiger partial charge in [0, 0.05) is 30.9 Å². The van der Waals surface area contributed by atoms with Crippen LogP contribution in [0.25, 0.3) is 0 Å². The average molecular weight is 317 g/mol. The number of anilines is 2. The van der Waals surface area contributed by atoms with Gasteiger partial charge in [0.25, 0.3) is 0 Å². The lowest BCUT2D eigenvalue weighted by Gasteiger charge is -2.26. The highest BCUT2D eigenvalue weighted by Gasteiger charge is 2.19. The molecular weight excluding hydrogens is 294 g/mol. The van der Waals surface area contributed by atoms with Gasteiger partial charge >= 0.3 is 11.8 Å². The summed E-state index contributed by atoms with van der Waals surface area (Å²) >= 11 is 0. The minimum atomic E-state index is -0.688. The Kier molecular flexibility index (Phi) is 5.73. The Bertz CT molecular complexity index is 581. The average Bonchev–Trinajstić information content (AvgIpc) is 2.54. The van der Waals surface area contributed by atoms with Crippen molar-refractivity contribution in [3.8, 4) is 0 Å². The van der Waals surface area contributed by atoms with Crippen molar-refractivity contribution < 1.29 is 14.4 Å². The van der Waals surface area contributed by atoms with Crippen LogP contribution in [0.15, 0.2) is 24.3 Å². The molecular formula is C17H23N3O3. The standard InChI is InChI=1S/C17H23N3O3/c1-12(2)11-18-16(22)17(23)19-13-6-8-14(9-7-13)20-10-4-3-5-15(20)21/h6-9,12H,3-5,10-11H2,1-2H3,(H,18,22)(H,19,23). The highest BCUT2D eigenvalue weighted by atomic mass is 16.2. The van der Waals surface area contributed by atoms with Crippen LogP contribution >= 0.6 is 0 Å². The minimum absolute atomic E-state index is 0.126. The van der Waals surface area contributed by atoms with Crippen LogP contribution in [0.4, 0.5) is 11.4 Å². The smallest absolute Gasteiger partial charge is 0.313 e. The summed E-state index contributed by atoms with van der Waals surface area (Å²) in [6.07, 6.45) is 2.52. The fourth-order valence-corrected chi connectivity index (χ4v) is 2.37. The molecule has 0 bridgehead atoms. The Morgan fingerprint density at radius 3 is 2.43 bits per heavy atom. The first-order valence-electron chi connectivity index (χ1n) is 7.97. The molecule has 1 aromatic rings. The van der Waals surface area contributed by atoms with Crippen molar-refractivity contribution in [1.29, 1.82) is 0 Å². The molecule has 0 aromatic heterocycles. The lowest BCUT2D eigenvalue weighted by molar-refractivity contribution is -0.136. The van der Waals surface area contributed by atoms with Crippen LogP contribution in [0.3, 0.4) is 0 Å². The van der Waals surface area contributed by atoms with Crippen molar-refractivity contribution in [1.82, 2.24) is 5.32 Å². The van der Waals surface area contributed by atoms with Gasteiger partial charge in [-0.05, 0) is 43.0 Å². The predicted molar refractivity (Wildman–Crippen MR) is 89.1 cm³/mol. The van der Waals surface area contributed by atoms with Gasteiger partial charge in [0.1, 0.15) is 0 Å². The van der Waals surface area contributed by atoms with Crippen LogP contribution in [0.5, 0.6) is 0 Å². The number of nitrogens with one attached hydrogen (secondary N) is 2. The Balaban J connectivity index is 1.93. The summed E-state index contributed by atoms with van der Waals surface area (Å²) in [6, 6.07) is 6.96. The van der Waals surface area contributed by atoms with Crippen molar-refractivity contribution in [2.24, 2.45) is 5.92 Å². The van der Waals surface area contributed by atoms with Gasteiger partial charge in [0.15, 0.2) is 0 Å². The number of benzene rings is 1. The zero-order valence-electron chi connectivity index (χ0n) is 13.6. The summed E-state index contributed by atoms with van der Waals surface area (Å²) in [5.74, 6) is -0.921. The van der Waals surface area contributed by atoms with E-state index in [2.05, 4.69) is 10.6 Å². The maximum atomic E-state index is 11.9. The SMILES string of the molecule is CC(C)CNC(=O)C(=O)Nc1ccc(N2CCCCC2=O)cc1. The van der Waals surface area contributed by atoms with Crippen molar-refractivity contribution >= 4 is 29.1 Å². The highest BCUT2D eigenvalue weighted by Crippen LogP contribution is 2.22. The molecule has 0 radical (unpaired) electrons. The number of hydrogen-bond donors (Lipinski definition) is 2. The lowest BCUT2D eigenvalue weighted by atomic mass is 10.1. The third kappa shape index (κ3) is 4.81. The Morgan fingerprint density at radius 1 is 1.13 bits per heavy atom. The Hall–Kier alpha value is -2.37. The largest absolute Gasteiger partial charge is 0.348 e. The molecule has 1 aromatic carbocycles. The molecule has 2 N–H and O–H groups in total. The number of amides is 3. The lowest BCUT2D eigenvalue weighted by Crippen LogP contribution is -2.37. The molecule has 0 saturated carbocycles. The molecule has 0 spiro atoms. The van der Waals surface area contributed by atoms with Gasteiger partial charge in [0.2, 0.25) is 5.91 Å². The normalized spacial score (nSPS) is 14.7. The molecule has 124 valence electrons. The number of piperidine rings is 1. The molecule has 23 heavy (non-hydrogen) atoms. The van der Waals surface area contributed by atoms with E-state index in [4.69, 9.17) is 0 Å². The van der Waals surface area contributed by atoms with Crippen LogP contribution in [0.2, 0.25) is 0 Å². The summed E-state index contributed by atoms with van der Waals surface area (Å²) in [6.45, 7) is 5.10. The zero-order chi connectivity index (χ0) is 16.8. The molecule has 0 unspecified atom stereocenters. The fourth-order valence-electron chi connectivity index (χ4n) is 2.37. The second-order valence-corrected chi connectivity index (χ2v) is 6.11. The fraction of sp³-hybridized carbons (Fsp3) is 0.471. The first-order valence-corrected chi connectivity index (χ1v) is 7.97. The highest BCUT2D eigenvalue weighted by molar-refractivity contribution is 6.39. The summed E-state index contributed by atoms with van der Waals surface area (Å²) in [5, 5.41) is 5.12. The van der Waals surface area contributed by atoms with Gasteiger partial charge in [-0.2, -0.15) is 0 Å². The molecule has 6 heteroatoms. The monoisotopic (exact) mass is 317 g/mol. The molecule has 1 aliphatic rings. The molecule has 2 rings (SSSR count). The minimum Gasteiger partial charge on any atom is -0.348 e. The van der Waals surface area contributed by atoms with Crippen molar-refractivity contribution in [3.63, 3.8) is 0 Å². The molecule has 0 atom stereocenters. The van der Waals surface area contributed by atoms with Crippen LogP contribution in [0, 0.1) is 5.92 Å². The van der Waals surface area contributed by atoms with E-state index in [1.807, 2.05) is 13.8 Å². The number of nitrogens with zero attached hydrogens (tertiary/aromatic N) is 1. The third-order valence-corrected chi connectivity index (χ3v) is 3.64. The van der Waals surface area contributed by atoms with Gasteiger partial charge in [-0.1, -0.05) is 13.8 Å². The second kappa shape index (κ2) is 7.76. The van der Waals surface area contributed by atoms with E-state index in [-0.39, 0.29) is 11.8 Å². The number of rotatable bonds is 4. The van der Waals surface area contributed by atoms with E-state index >= 15 is 0 Å². The molecule has 0 aliphatic carbocycles. The first-order chi connectivity index (χ1) is 11.0.